The second-order valence-electron chi connectivity index (χ2n) is 10.9. The van der Waals surface area contributed by atoms with E-state index >= 15 is 0 Å². The first-order valence-corrected chi connectivity index (χ1v) is 14.3. The molecule has 2 nitrogen and oxygen atoms in total. The molecule has 2 heterocycles. The average molecular weight is 537 g/mol. The van der Waals surface area contributed by atoms with Crippen molar-refractivity contribution in [3.8, 4) is 33.4 Å². The molecule has 0 atom stereocenters. The summed E-state index contributed by atoms with van der Waals surface area (Å²) in [6, 6.07) is 49.4. The minimum absolute atomic E-state index is 0.831. The van der Waals surface area contributed by atoms with E-state index < -0.39 is 0 Å². The van der Waals surface area contributed by atoms with Gasteiger partial charge in [0.1, 0.15) is 16.7 Å². The molecule has 0 N–H and O–H groups in total. The van der Waals surface area contributed by atoms with E-state index in [1.807, 2.05) is 12.3 Å². The van der Waals surface area contributed by atoms with Crippen LogP contribution in [0.3, 0.4) is 0 Å². The number of benzene rings is 7. The van der Waals surface area contributed by atoms with E-state index in [2.05, 4.69) is 133 Å². The minimum atomic E-state index is 0.831. The summed E-state index contributed by atoms with van der Waals surface area (Å²) in [4.78, 5) is 0. The van der Waals surface area contributed by atoms with Crippen molar-refractivity contribution in [3.05, 3.63) is 146 Å². The Labute approximate surface area is 242 Å². The van der Waals surface area contributed by atoms with E-state index in [-0.39, 0.29) is 0 Å². The van der Waals surface area contributed by atoms with Crippen molar-refractivity contribution >= 4 is 54.5 Å². The van der Waals surface area contributed by atoms with Crippen LogP contribution in [-0.2, 0) is 0 Å². The van der Waals surface area contributed by atoms with Crippen molar-refractivity contribution in [2.24, 2.45) is 0 Å². The average Bonchev–Trinajstić information content (AvgIpc) is 3.65. The smallest absolute Gasteiger partial charge is 0.146 e. The number of fused-ring (bicyclic) bond motifs is 7. The third-order valence-corrected chi connectivity index (χ3v) is 8.54. The molecular weight excluding hydrogens is 512 g/mol. The predicted molar refractivity (Wildman–Crippen MR) is 175 cm³/mol. The molecule has 0 unspecified atom stereocenters. The fourth-order valence-corrected chi connectivity index (χ4v) is 6.70. The van der Waals surface area contributed by atoms with E-state index in [1.165, 1.54) is 38.2 Å². The van der Waals surface area contributed by atoms with Crippen LogP contribution in [0.15, 0.2) is 155 Å². The van der Waals surface area contributed by atoms with Gasteiger partial charge in [-0.05, 0) is 73.6 Å². The molecule has 2 heteroatoms. The van der Waals surface area contributed by atoms with Gasteiger partial charge in [-0.15, -0.1) is 0 Å². The van der Waals surface area contributed by atoms with Crippen LogP contribution < -0.4 is 0 Å². The summed E-state index contributed by atoms with van der Waals surface area (Å²) in [5.41, 5.74) is 9.63. The van der Waals surface area contributed by atoms with Crippen molar-refractivity contribution < 1.29 is 8.83 Å². The Hall–Kier alpha value is -5.60. The molecule has 7 aromatic carbocycles. The highest BCUT2D eigenvalue weighted by atomic mass is 16.3. The monoisotopic (exact) mass is 536 g/mol. The molecule has 0 radical (unpaired) electrons. The first-order chi connectivity index (χ1) is 20.8. The van der Waals surface area contributed by atoms with Gasteiger partial charge >= 0.3 is 0 Å². The van der Waals surface area contributed by atoms with Crippen LogP contribution in [0.2, 0.25) is 0 Å². The highest BCUT2D eigenvalue weighted by Gasteiger charge is 2.19. The molecule has 9 rings (SSSR count). The summed E-state index contributed by atoms with van der Waals surface area (Å²) in [7, 11) is 0. The molecule has 196 valence electrons. The molecular formula is C40H24O2. The lowest BCUT2D eigenvalue weighted by Gasteiger charge is -2.17. The molecule has 0 spiro atoms. The van der Waals surface area contributed by atoms with E-state index in [0.29, 0.717) is 0 Å². The zero-order valence-electron chi connectivity index (χ0n) is 22.7. The molecule has 0 aliphatic rings. The van der Waals surface area contributed by atoms with Crippen LogP contribution in [0.4, 0.5) is 0 Å². The summed E-state index contributed by atoms with van der Waals surface area (Å²) in [5.74, 6) is 0. The fourth-order valence-electron chi connectivity index (χ4n) is 6.70. The minimum Gasteiger partial charge on any atom is -0.463 e. The van der Waals surface area contributed by atoms with Crippen molar-refractivity contribution in [1.29, 1.82) is 0 Å². The summed E-state index contributed by atoms with van der Waals surface area (Å²) in [5, 5.41) is 8.11. The second kappa shape index (κ2) is 8.95. The zero-order valence-corrected chi connectivity index (χ0v) is 22.7. The van der Waals surface area contributed by atoms with E-state index in [9.17, 15) is 0 Å². The van der Waals surface area contributed by atoms with Gasteiger partial charge in [0.15, 0.2) is 0 Å². The summed E-state index contributed by atoms with van der Waals surface area (Å²) >= 11 is 0. The van der Waals surface area contributed by atoms with E-state index in [0.717, 1.165) is 49.6 Å². The summed E-state index contributed by atoms with van der Waals surface area (Å²) in [6.07, 6.45) is 1.86. The topological polar surface area (TPSA) is 26.3 Å². The number of hydrogen-bond acceptors (Lipinski definition) is 2. The fraction of sp³-hybridized carbons (Fsp3) is 0. The van der Waals surface area contributed by atoms with Crippen molar-refractivity contribution in [2.75, 3.05) is 0 Å². The van der Waals surface area contributed by atoms with Gasteiger partial charge in [0, 0.05) is 16.3 Å². The molecule has 0 bridgehead atoms. The largest absolute Gasteiger partial charge is 0.463 e. The molecule has 0 saturated carbocycles. The second-order valence-corrected chi connectivity index (χ2v) is 10.9. The normalized spacial score (nSPS) is 11.8. The Morgan fingerprint density at radius 2 is 0.929 bits per heavy atom. The van der Waals surface area contributed by atoms with Crippen LogP contribution in [0.25, 0.3) is 87.8 Å². The van der Waals surface area contributed by atoms with Gasteiger partial charge in [0.2, 0.25) is 0 Å². The molecule has 0 aliphatic carbocycles. The molecule has 42 heavy (non-hydrogen) atoms. The van der Waals surface area contributed by atoms with Crippen molar-refractivity contribution in [3.63, 3.8) is 0 Å². The van der Waals surface area contributed by atoms with Crippen LogP contribution in [-0.4, -0.2) is 0 Å². The van der Waals surface area contributed by atoms with Crippen LogP contribution in [0.5, 0.6) is 0 Å². The van der Waals surface area contributed by atoms with Gasteiger partial charge in [-0.2, -0.15) is 0 Å². The standard InChI is InChI=1S/C40H24O2/c1-3-11-25(12-4-1)34-24-41-40-32(34)21-22-35-39(40)33-20-19-27(23-36(33)42-35)38-30-17-9-7-15-28(30)37(26-13-5-2-6-14-26)29-16-8-10-18-31(29)38/h1-24H. The lowest BCUT2D eigenvalue weighted by atomic mass is 9.86. The van der Waals surface area contributed by atoms with Crippen molar-refractivity contribution in [2.45, 2.75) is 0 Å². The summed E-state index contributed by atoms with van der Waals surface area (Å²) < 4.78 is 12.7. The van der Waals surface area contributed by atoms with Gasteiger partial charge in [0.05, 0.1) is 11.6 Å². The zero-order chi connectivity index (χ0) is 27.6. The van der Waals surface area contributed by atoms with E-state index in [1.54, 1.807) is 0 Å². The quantitative estimate of drug-likeness (QED) is 0.210. The highest BCUT2D eigenvalue weighted by molar-refractivity contribution is 6.23. The van der Waals surface area contributed by atoms with Crippen LogP contribution >= 0.6 is 0 Å². The molecule has 0 aliphatic heterocycles. The number of rotatable bonds is 3. The predicted octanol–water partition coefficient (Wildman–Crippen LogP) is 11.6. The SMILES string of the molecule is c1ccc(-c2c3ccccc3c(-c3ccc4c(c3)oc3ccc5c(-c6ccccc6)coc5c34)c3ccccc23)cc1. The van der Waals surface area contributed by atoms with Gasteiger partial charge in [0.25, 0.3) is 0 Å². The Balaban J connectivity index is 1.31. The first-order valence-electron chi connectivity index (χ1n) is 14.3. The Morgan fingerprint density at radius 1 is 0.381 bits per heavy atom. The number of hydrogen-bond donors (Lipinski definition) is 0. The molecule has 2 aromatic heterocycles. The van der Waals surface area contributed by atoms with Gasteiger partial charge < -0.3 is 8.83 Å². The highest BCUT2D eigenvalue weighted by Crippen LogP contribution is 2.45. The van der Waals surface area contributed by atoms with Crippen molar-refractivity contribution in [1.82, 2.24) is 0 Å². The van der Waals surface area contributed by atoms with Crippen LogP contribution in [0.1, 0.15) is 0 Å². The van der Waals surface area contributed by atoms with Gasteiger partial charge in [-0.1, -0.05) is 115 Å². The third-order valence-electron chi connectivity index (χ3n) is 8.54. The molecule has 0 fully saturated rings. The molecule has 0 amide bonds. The number of furan rings is 2. The maximum absolute atomic E-state index is 6.49. The maximum Gasteiger partial charge on any atom is 0.146 e. The Morgan fingerprint density at radius 3 is 1.57 bits per heavy atom. The summed E-state index contributed by atoms with van der Waals surface area (Å²) in [6.45, 7) is 0. The van der Waals surface area contributed by atoms with E-state index in [4.69, 9.17) is 8.83 Å². The Bertz CT molecular complexity index is 2390. The molecule has 0 saturated heterocycles. The Kier molecular flexibility index (Phi) is 4.93. The van der Waals surface area contributed by atoms with Gasteiger partial charge in [-0.25, -0.2) is 0 Å². The van der Waals surface area contributed by atoms with Gasteiger partial charge in [-0.3, -0.25) is 0 Å². The lowest BCUT2D eigenvalue weighted by molar-refractivity contribution is 0.619. The maximum atomic E-state index is 6.49. The lowest BCUT2D eigenvalue weighted by Crippen LogP contribution is -1.90. The molecule has 9 aromatic rings. The van der Waals surface area contributed by atoms with Crippen LogP contribution in [0, 0.1) is 0 Å². The first kappa shape index (κ1) is 23.1. The third kappa shape index (κ3) is 3.33.